The Bertz CT molecular complexity index is 419. The van der Waals surface area contributed by atoms with E-state index in [1.54, 1.807) is 18.2 Å². The molecule has 0 amide bonds. The maximum absolute atomic E-state index is 11.5. The molecule has 0 aliphatic carbocycles. The molecule has 0 aliphatic heterocycles. The fourth-order valence-electron chi connectivity index (χ4n) is 1.42. The molecule has 1 aromatic carbocycles. The standard InChI is InChI=1S/C13H20N2O4.2ClH/c1-17-13(16)10-7-11(18-5-2-3-14)9-12(8-10)19-6-4-15;;/h7-9H,2-6,14-15H2,1H3;2*1H. The Morgan fingerprint density at radius 2 is 1.57 bits per heavy atom. The van der Waals surface area contributed by atoms with Crippen molar-refractivity contribution in [1.29, 1.82) is 0 Å². The van der Waals surface area contributed by atoms with Crippen LogP contribution in [0.2, 0.25) is 0 Å². The Morgan fingerprint density at radius 3 is 2.05 bits per heavy atom. The van der Waals surface area contributed by atoms with Gasteiger partial charge in [0.2, 0.25) is 0 Å². The molecule has 0 spiro atoms. The number of hydrogen-bond acceptors (Lipinski definition) is 6. The Balaban J connectivity index is 0. The van der Waals surface area contributed by atoms with Crippen LogP contribution in [0.4, 0.5) is 0 Å². The predicted molar refractivity (Wildman–Crippen MR) is 86.0 cm³/mol. The number of halogens is 2. The zero-order valence-electron chi connectivity index (χ0n) is 11.9. The summed E-state index contributed by atoms with van der Waals surface area (Å²) in [5.41, 5.74) is 11.1. The molecule has 1 rings (SSSR count). The minimum atomic E-state index is -0.443. The Labute approximate surface area is 136 Å². The van der Waals surface area contributed by atoms with Crippen LogP contribution in [0.15, 0.2) is 18.2 Å². The second kappa shape index (κ2) is 12.5. The molecule has 1 aromatic rings. The highest BCUT2D eigenvalue weighted by Gasteiger charge is 2.10. The first-order valence-corrected chi connectivity index (χ1v) is 6.10. The molecular weight excluding hydrogens is 319 g/mol. The minimum absolute atomic E-state index is 0. The lowest BCUT2D eigenvalue weighted by molar-refractivity contribution is 0.0599. The summed E-state index contributed by atoms with van der Waals surface area (Å²) in [5, 5.41) is 0. The van der Waals surface area contributed by atoms with Gasteiger partial charge in [0.15, 0.2) is 0 Å². The van der Waals surface area contributed by atoms with Crippen LogP contribution in [0.1, 0.15) is 16.8 Å². The van der Waals surface area contributed by atoms with Gasteiger partial charge in [0.1, 0.15) is 18.1 Å². The van der Waals surface area contributed by atoms with Crippen molar-refractivity contribution in [1.82, 2.24) is 0 Å². The van der Waals surface area contributed by atoms with Gasteiger partial charge in [-0.1, -0.05) is 0 Å². The van der Waals surface area contributed by atoms with Crippen LogP contribution in [0.25, 0.3) is 0 Å². The lowest BCUT2D eigenvalue weighted by atomic mass is 10.2. The third kappa shape index (κ3) is 7.96. The van der Waals surface area contributed by atoms with Gasteiger partial charge < -0.3 is 25.7 Å². The molecule has 0 atom stereocenters. The summed E-state index contributed by atoms with van der Waals surface area (Å²) in [5.74, 6) is 0.626. The summed E-state index contributed by atoms with van der Waals surface area (Å²) in [6, 6.07) is 4.91. The van der Waals surface area contributed by atoms with E-state index in [9.17, 15) is 4.79 Å². The number of hydrogen-bond donors (Lipinski definition) is 2. The van der Waals surface area contributed by atoms with Crippen molar-refractivity contribution in [2.24, 2.45) is 11.5 Å². The Hall–Kier alpha value is -1.21. The molecule has 0 aliphatic rings. The first-order chi connectivity index (χ1) is 9.21. The van der Waals surface area contributed by atoms with Crippen molar-refractivity contribution in [3.63, 3.8) is 0 Å². The molecular formula is C13H22Cl2N2O4. The molecule has 0 heterocycles. The van der Waals surface area contributed by atoms with Gasteiger partial charge in [-0.25, -0.2) is 4.79 Å². The molecule has 0 fully saturated rings. The lowest BCUT2D eigenvalue weighted by Gasteiger charge is -2.11. The minimum Gasteiger partial charge on any atom is -0.493 e. The number of nitrogens with two attached hydrogens (primary N) is 2. The lowest BCUT2D eigenvalue weighted by Crippen LogP contribution is -2.11. The molecule has 6 nitrogen and oxygen atoms in total. The number of ether oxygens (including phenoxy) is 3. The fourth-order valence-corrected chi connectivity index (χ4v) is 1.42. The quantitative estimate of drug-likeness (QED) is 0.548. The van der Waals surface area contributed by atoms with Gasteiger partial charge in [-0.2, -0.15) is 0 Å². The SMILES string of the molecule is COC(=O)c1cc(OCCN)cc(OCCCN)c1.Cl.Cl. The van der Waals surface area contributed by atoms with E-state index in [1.807, 2.05) is 0 Å². The van der Waals surface area contributed by atoms with Crippen molar-refractivity contribution in [3.8, 4) is 11.5 Å². The molecule has 4 N–H and O–H groups in total. The monoisotopic (exact) mass is 340 g/mol. The van der Waals surface area contributed by atoms with Crippen LogP contribution in [0.3, 0.4) is 0 Å². The highest BCUT2D eigenvalue weighted by atomic mass is 35.5. The maximum atomic E-state index is 11.5. The number of benzene rings is 1. The van der Waals surface area contributed by atoms with Crippen LogP contribution in [-0.2, 0) is 4.74 Å². The summed E-state index contributed by atoms with van der Waals surface area (Å²) in [6.07, 6.45) is 0.738. The first kappa shape index (κ1) is 22.1. The summed E-state index contributed by atoms with van der Waals surface area (Å²) in [4.78, 5) is 11.5. The molecule has 0 saturated carbocycles. The average Bonchev–Trinajstić information content (AvgIpc) is 2.44. The van der Waals surface area contributed by atoms with E-state index >= 15 is 0 Å². The van der Waals surface area contributed by atoms with Gasteiger partial charge in [-0.05, 0) is 25.1 Å². The molecule has 8 heteroatoms. The van der Waals surface area contributed by atoms with Crippen molar-refractivity contribution >= 4 is 30.8 Å². The summed E-state index contributed by atoms with van der Waals surface area (Å²) < 4.78 is 15.6. The third-order valence-corrected chi connectivity index (χ3v) is 2.30. The fraction of sp³-hybridized carbons (Fsp3) is 0.462. The van der Waals surface area contributed by atoms with E-state index in [-0.39, 0.29) is 24.8 Å². The van der Waals surface area contributed by atoms with Crippen molar-refractivity contribution in [2.45, 2.75) is 6.42 Å². The van der Waals surface area contributed by atoms with Gasteiger partial charge in [-0.3, -0.25) is 0 Å². The highest BCUT2D eigenvalue weighted by molar-refractivity contribution is 5.90. The van der Waals surface area contributed by atoms with Crippen molar-refractivity contribution in [3.05, 3.63) is 23.8 Å². The number of rotatable bonds is 8. The molecule has 0 radical (unpaired) electrons. The molecule has 122 valence electrons. The molecule has 0 aromatic heterocycles. The van der Waals surface area contributed by atoms with E-state index in [2.05, 4.69) is 4.74 Å². The highest BCUT2D eigenvalue weighted by Crippen LogP contribution is 2.23. The van der Waals surface area contributed by atoms with Crippen LogP contribution in [-0.4, -0.2) is 39.4 Å². The van der Waals surface area contributed by atoms with E-state index < -0.39 is 5.97 Å². The zero-order valence-corrected chi connectivity index (χ0v) is 13.5. The Morgan fingerprint density at radius 1 is 1.00 bits per heavy atom. The molecule has 0 saturated heterocycles. The molecule has 21 heavy (non-hydrogen) atoms. The summed E-state index contributed by atoms with van der Waals surface area (Å²) in [6.45, 7) is 1.79. The second-order valence-electron chi connectivity index (χ2n) is 3.81. The number of esters is 1. The second-order valence-corrected chi connectivity index (χ2v) is 3.81. The van der Waals surface area contributed by atoms with Gasteiger partial charge in [0.25, 0.3) is 0 Å². The average molecular weight is 341 g/mol. The first-order valence-electron chi connectivity index (χ1n) is 6.10. The number of carbonyl (C=O) groups is 1. The summed E-state index contributed by atoms with van der Waals surface area (Å²) >= 11 is 0. The normalized spacial score (nSPS) is 9.10. The van der Waals surface area contributed by atoms with Crippen molar-refractivity contribution < 1.29 is 19.0 Å². The summed E-state index contributed by atoms with van der Waals surface area (Å²) in [7, 11) is 1.32. The number of carbonyl (C=O) groups excluding carboxylic acids is 1. The van der Waals surface area contributed by atoms with Gasteiger partial charge >= 0.3 is 5.97 Å². The van der Waals surface area contributed by atoms with E-state index in [1.165, 1.54) is 7.11 Å². The predicted octanol–water partition coefficient (Wildman–Crippen LogP) is 1.38. The van der Waals surface area contributed by atoms with Crippen LogP contribution in [0, 0.1) is 0 Å². The Kier molecular flexibility index (Phi) is 13.2. The van der Waals surface area contributed by atoms with E-state index in [0.29, 0.717) is 43.4 Å². The topological polar surface area (TPSA) is 96.8 Å². The zero-order chi connectivity index (χ0) is 14.1. The van der Waals surface area contributed by atoms with Crippen LogP contribution in [0.5, 0.6) is 11.5 Å². The third-order valence-electron chi connectivity index (χ3n) is 2.30. The van der Waals surface area contributed by atoms with Crippen molar-refractivity contribution in [2.75, 3.05) is 33.4 Å². The largest absolute Gasteiger partial charge is 0.493 e. The molecule has 0 unspecified atom stereocenters. The maximum Gasteiger partial charge on any atom is 0.338 e. The van der Waals surface area contributed by atoms with E-state index in [4.69, 9.17) is 20.9 Å². The van der Waals surface area contributed by atoms with E-state index in [0.717, 1.165) is 6.42 Å². The molecule has 0 bridgehead atoms. The van der Waals surface area contributed by atoms with Gasteiger partial charge in [0, 0.05) is 12.6 Å². The number of methoxy groups -OCH3 is 1. The van der Waals surface area contributed by atoms with Gasteiger partial charge in [0.05, 0.1) is 19.3 Å². The van der Waals surface area contributed by atoms with Crippen LogP contribution >= 0.6 is 24.8 Å². The van der Waals surface area contributed by atoms with Gasteiger partial charge in [-0.15, -0.1) is 24.8 Å². The van der Waals surface area contributed by atoms with Crippen LogP contribution < -0.4 is 20.9 Å². The smallest absolute Gasteiger partial charge is 0.338 e.